The molecule has 1 saturated heterocycles. The predicted molar refractivity (Wildman–Crippen MR) is 97.2 cm³/mol. The van der Waals surface area contributed by atoms with E-state index in [0.29, 0.717) is 25.1 Å². The number of carbonyl (C=O) groups excluding carboxylic acids is 2. The minimum atomic E-state index is -0.171. The van der Waals surface area contributed by atoms with Crippen molar-refractivity contribution in [1.82, 2.24) is 15.2 Å². The summed E-state index contributed by atoms with van der Waals surface area (Å²) in [6.07, 6.45) is 3.16. The van der Waals surface area contributed by atoms with Crippen molar-refractivity contribution in [3.63, 3.8) is 0 Å². The van der Waals surface area contributed by atoms with Crippen molar-refractivity contribution in [3.05, 3.63) is 35.4 Å². The Balaban J connectivity index is 1.68. The van der Waals surface area contributed by atoms with E-state index in [9.17, 15) is 9.59 Å². The summed E-state index contributed by atoms with van der Waals surface area (Å²) in [4.78, 5) is 26.4. The van der Waals surface area contributed by atoms with Crippen molar-refractivity contribution >= 4 is 17.5 Å². The van der Waals surface area contributed by atoms with Gasteiger partial charge in [0.15, 0.2) is 0 Å². The molecule has 1 aromatic rings. The van der Waals surface area contributed by atoms with Crippen molar-refractivity contribution in [1.29, 1.82) is 0 Å². The van der Waals surface area contributed by atoms with Crippen LogP contribution < -0.4 is 5.32 Å². The molecule has 1 fully saturated rings. The Bertz CT molecular complexity index is 663. The summed E-state index contributed by atoms with van der Waals surface area (Å²) in [7, 11) is 1.59. The number of carbonyl (C=O) groups is 2. The zero-order chi connectivity index (χ0) is 17.8. The molecule has 3 rings (SSSR count). The van der Waals surface area contributed by atoms with Crippen LogP contribution in [-0.2, 0) is 9.59 Å². The summed E-state index contributed by atoms with van der Waals surface area (Å²) in [6, 6.07) is 8.71. The van der Waals surface area contributed by atoms with Gasteiger partial charge in [-0.05, 0) is 38.4 Å². The number of rotatable bonds is 5. The zero-order valence-electron chi connectivity index (χ0n) is 15.0. The maximum absolute atomic E-state index is 12.5. The maximum atomic E-state index is 12.5. The first-order chi connectivity index (χ1) is 12.0. The molecule has 2 aliphatic heterocycles. The lowest BCUT2D eigenvalue weighted by molar-refractivity contribution is -0.130. The average Bonchev–Trinajstić information content (AvgIpc) is 3.13. The topological polar surface area (TPSA) is 65.0 Å². The molecule has 0 saturated carbocycles. The summed E-state index contributed by atoms with van der Waals surface area (Å²) in [5, 5.41) is 8.39. The second kappa shape index (κ2) is 7.78. The summed E-state index contributed by atoms with van der Waals surface area (Å²) in [5.41, 5.74) is 2.90. The van der Waals surface area contributed by atoms with Crippen LogP contribution in [0.15, 0.2) is 29.4 Å². The van der Waals surface area contributed by atoms with Gasteiger partial charge in [0.05, 0.1) is 6.04 Å². The highest BCUT2D eigenvalue weighted by molar-refractivity contribution is 6.39. The molecule has 134 valence electrons. The molecule has 25 heavy (non-hydrogen) atoms. The minimum Gasteiger partial charge on any atom is -0.349 e. The van der Waals surface area contributed by atoms with Crippen molar-refractivity contribution in [2.45, 2.75) is 38.6 Å². The van der Waals surface area contributed by atoms with Gasteiger partial charge in [-0.2, -0.15) is 5.10 Å². The first kappa shape index (κ1) is 17.6. The molecular weight excluding hydrogens is 316 g/mol. The van der Waals surface area contributed by atoms with Crippen molar-refractivity contribution < 1.29 is 9.59 Å². The van der Waals surface area contributed by atoms with Crippen LogP contribution in [0.1, 0.15) is 42.9 Å². The number of likely N-dealkylation sites (tertiary alicyclic amines) is 1. The van der Waals surface area contributed by atoms with Gasteiger partial charge in [0.25, 0.3) is 5.91 Å². The molecule has 2 amide bonds. The summed E-state index contributed by atoms with van der Waals surface area (Å²) >= 11 is 0. The zero-order valence-corrected chi connectivity index (χ0v) is 15.0. The van der Waals surface area contributed by atoms with E-state index < -0.39 is 0 Å². The SMILES string of the molecule is Cc1ccc([C@@H](CNC(=O)C2=NN(C)C(=O)CC2)N2CCCC2)cc1. The second-order valence-electron chi connectivity index (χ2n) is 6.84. The molecule has 0 radical (unpaired) electrons. The Labute approximate surface area is 148 Å². The first-order valence-corrected chi connectivity index (χ1v) is 8.97. The third-order valence-electron chi connectivity index (χ3n) is 4.97. The van der Waals surface area contributed by atoms with Gasteiger partial charge < -0.3 is 5.32 Å². The molecule has 6 nitrogen and oxygen atoms in total. The molecule has 0 spiro atoms. The summed E-state index contributed by atoms with van der Waals surface area (Å²) in [5.74, 6) is -0.221. The fourth-order valence-electron chi connectivity index (χ4n) is 3.42. The first-order valence-electron chi connectivity index (χ1n) is 8.97. The fourth-order valence-corrected chi connectivity index (χ4v) is 3.42. The largest absolute Gasteiger partial charge is 0.349 e. The molecule has 1 atom stereocenters. The monoisotopic (exact) mass is 342 g/mol. The fraction of sp³-hybridized carbons (Fsp3) is 0.526. The summed E-state index contributed by atoms with van der Waals surface area (Å²) < 4.78 is 0. The highest BCUT2D eigenvalue weighted by Gasteiger charge is 2.26. The van der Waals surface area contributed by atoms with E-state index >= 15 is 0 Å². The number of benzene rings is 1. The highest BCUT2D eigenvalue weighted by atomic mass is 16.2. The van der Waals surface area contributed by atoms with E-state index in [0.717, 1.165) is 13.1 Å². The number of hydrogen-bond donors (Lipinski definition) is 1. The van der Waals surface area contributed by atoms with Gasteiger partial charge in [-0.25, -0.2) is 5.01 Å². The molecule has 0 aliphatic carbocycles. The number of hydrogen-bond acceptors (Lipinski definition) is 4. The maximum Gasteiger partial charge on any atom is 0.267 e. The van der Waals surface area contributed by atoms with E-state index in [1.54, 1.807) is 7.05 Å². The van der Waals surface area contributed by atoms with Crippen LogP contribution in [-0.4, -0.2) is 54.1 Å². The van der Waals surface area contributed by atoms with Gasteiger partial charge in [-0.15, -0.1) is 0 Å². The molecule has 6 heteroatoms. The summed E-state index contributed by atoms with van der Waals surface area (Å²) in [6.45, 7) is 4.76. The number of aryl methyl sites for hydroxylation is 1. The third-order valence-corrected chi connectivity index (χ3v) is 4.97. The number of hydrazone groups is 1. The van der Waals surface area contributed by atoms with E-state index in [1.165, 1.54) is 29.0 Å². The number of amides is 2. The lowest BCUT2D eigenvalue weighted by atomic mass is 10.0. The second-order valence-corrected chi connectivity index (χ2v) is 6.84. The normalized spacial score (nSPS) is 19.7. The molecule has 2 heterocycles. The van der Waals surface area contributed by atoms with Crippen molar-refractivity contribution in [3.8, 4) is 0 Å². The molecule has 1 aromatic carbocycles. The molecular formula is C19H26N4O2. The molecule has 0 bridgehead atoms. The van der Waals surface area contributed by atoms with Crippen LogP contribution in [0.4, 0.5) is 0 Å². The lowest BCUT2D eigenvalue weighted by Gasteiger charge is -2.28. The van der Waals surface area contributed by atoms with Gasteiger partial charge >= 0.3 is 0 Å². The van der Waals surface area contributed by atoms with E-state index in [1.807, 2.05) is 0 Å². The van der Waals surface area contributed by atoms with Gasteiger partial charge in [0, 0.05) is 26.4 Å². The van der Waals surface area contributed by atoms with Crippen molar-refractivity contribution in [2.75, 3.05) is 26.7 Å². The van der Waals surface area contributed by atoms with Crippen LogP contribution >= 0.6 is 0 Å². The highest BCUT2D eigenvalue weighted by Crippen LogP contribution is 2.25. The minimum absolute atomic E-state index is 0.0499. The Morgan fingerprint density at radius 3 is 2.52 bits per heavy atom. The van der Waals surface area contributed by atoms with Crippen molar-refractivity contribution in [2.24, 2.45) is 5.10 Å². The quantitative estimate of drug-likeness (QED) is 0.888. The lowest BCUT2D eigenvalue weighted by Crippen LogP contribution is -2.41. The Hall–Kier alpha value is -2.21. The molecule has 0 unspecified atom stereocenters. The molecule has 2 aliphatic rings. The van der Waals surface area contributed by atoms with Gasteiger partial charge in [0.2, 0.25) is 5.91 Å². The molecule has 0 aromatic heterocycles. The standard InChI is InChI=1S/C19H26N4O2/c1-14-5-7-15(8-6-14)17(23-11-3-4-12-23)13-20-19(25)16-9-10-18(24)22(2)21-16/h5-8,17H,3-4,9-13H2,1-2H3,(H,20,25)/t17-/m1/s1. The van der Waals surface area contributed by atoms with E-state index in [2.05, 4.69) is 46.5 Å². The van der Waals surface area contributed by atoms with Gasteiger partial charge in [-0.3, -0.25) is 14.5 Å². The van der Waals surface area contributed by atoms with Gasteiger partial charge in [0.1, 0.15) is 5.71 Å². The Kier molecular flexibility index (Phi) is 5.48. The molecule has 1 N–H and O–H groups in total. The average molecular weight is 342 g/mol. The Morgan fingerprint density at radius 1 is 1.20 bits per heavy atom. The van der Waals surface area contributed by atoms with Crippen LogP contribution in [0.3, 0.4) is 0 Å². The Morgan fingerprint density at radius 2 is 1.88 bits per heavy atom. The van der Waals surface area contributed by atoms with Crippen LogP contribution in [0.25, 0.3) is 0 Å². The smallest absolute Gasteiger partial charge is 0.267 e. The number of nitrogens with zero attached hydrogens (tertiary/aromatic N) is 3. The van der Waals surface area contributed by atoms with Gasteiger partial charge in [-0.1, -0.05) is 29.8 Å². The van der Waals surface area contributed by atoms with E-state index in [-0.39, 0.29) is 17.9 Å². The van der Waals surface area contributed by atoms with Crippen LogP contribution in [0.5, 0.6) is 0 Å². The third kappa shape index (κ3) is 4.25. The number of nitrogens with one attached hydrogen (secondary N) is 1. The van der Waals surface area contributed by atoms with E-state index in [4.69, 9.17) is 0 Å². The van der Waals surface area contributed by atoms with Crippen LogP contribution in [0, 0.1) is 6.92 Å². The van der Waals surface area contributed by atoms with Crippen LogP contribution in [0.2, 0.25) is 0 Å². The predicted octanol–water partition coefficient (Wildman–Crippen LogP) is 1.86.